The van der Waals surface area contributed by atoms with Gasteiger partial charge in [-0.2, -0.15) is 0 Å². The number of methoxy groups -OCH3 is 1. The summed E-state index contributed by atoms with van der Waals surface area (Å²) in [6, 6.07) is 11.5. The number of rotatable bonds is 3. The molecule has 3 rings (SSSR count). The van der Waals surface area contributed by atoms with Crippen molar-refractivity contribution < 1.29 is 14.3 Å². The third kappa shape index (κ3) is 2.57. The third-order valence-electron chi connectivity index (χ3n) is 3.58. The van der Waals surface area contributed by atoms with Crippen molar-refractivity contribution >= 4 is 57.9 Å². The molecule has 1 aliphatic rings. The second kappa shape index (κ2) is 6.48. The highest BCUT2D eigenvalue weighted by atomic mass is 35.5. The van der Waals surface area contributed by atoms with E-state index >= 15 is 0 Å². The molecule has 0 saturated carbocycles. The zero-order chi connectivity index (χ0) is 17.4. The summed E-state index contributed by atoms with van der Waals surface area (Å²) in [5.74, 6) is -0.809. The van der Waals surface area contributed by atoms with E-state index in [-0.39, 0.29) is 26.3 Å². The Morgan fingerprint density at radius 2 is 1.62 bits per heavy atom. The molecule has 0 radical (unpaired) electrons. The smallest absolute Gasteiger partial charge is 0.277 e. The summed E-state index contributed by atoms with van der Waals surface area (Å²) >= 11 is 18.3. The number of amides is 2. The molecular formula is C17H10Cl3NO3. The van der Waals surface area contributed by atoms with E-state index in [1.165, 1.54) is 13.2 Å². The van der Waals surface area contributed by atoms with Crippen molar-refractivity contribution in [3.8, 4) is 5.75 Å². The Kier molecular flexibility index (Phi) is 4.54. The maximum absolute atomic E-state index is 12.9. The maximum atomic E-state index is 12.9. The van der Waals surface area contributed by atoms with Crippen LogP contribution in [-0.4, -0.2) is 18.9 Å². The zero-order valence-electron chi connectivity index (χ0n) is 12.3. The van der Waals surface area contributed by atoms with Gasteiger partial charge in [0.1, 0.15) is 10.8 Å². The first kappa shape index (κ1) is 16.8. The fourth-order valence-electron chi connectivity index (χ4n) is 2.47. The Morgan fingerprint density at radius 1 is 0.917 bits per heavy atom. The number of ether oxygens (including phenoxy) is 1. The minimum absolute atomic E-state index is 0.0650. The van der Waals surface area contributed by atoms with Gasteiger partial charge in [0.15, 0.2) is 0 Å². The van der Waals surface area contributed by atoms with Gasteiger partial charge >= 0.3 is 0 Å². The number of hydrogen-bond acceptors (Lipinski definition) is 3. The zero-order valence-corrected chi connectivity index (χ0v) is 14.6. The van der Waals surface area contributed by atoms with Crippen LogP contribution in [0.4, 0.5) is 5.69 Å². The lowest BCUT2D eigenvalue weighted by molar-refractivity contribution is -0.119. The molecule has 2 amide bonds. The average molecular weight is 383 g/mol. The SMILES string of the molecule is COc1ccccc1C1=C(Cl)C(=O)N(c2cccc(Cl)c2Cl)C1=O. The Morgan fingerprint density at radius 3 is 2.33 bits per heavy atom. The lowest BCUT2D eigenvalue weighted by Crippen LogP contribution is -2.31. The standard InChI is InChI=1S/C17H10Cl3NO3/c1-24-12-8-3-2-5-9(12)13-15(20)17(23)21(16(13)22)11-7-4-6-10(18)14(11)19/h2-8H,1H3. The molecule has 0 spiro atoms. The van der Waals surface area contributed by atoms with Crippen LogP contribution in [0.3, 0.4) is 0 Å². The molecule has 0 atom stereocenters. The summed E-state index contributed by atoms with van der Waals surface area (Å²) in [5, 5.41) is 0.142. The minimum Gasteiger partial charge on any atom is -0.496 e. The molecule has 0 bridgehead atoms. The number of hydrogen-bond donors (Lipinski definition) is 0. The van der Waals surface area contributed by atoms with E-state index in [1.54, 1.807) is 36.4 Å². The summed E-state index contributed by atoms with van der Waals surface area (Å²) in [6.45, 7) is 0. The molecule has 0 fully saturated rings. The molecule has 4 nitrogen and oxygen atoms in total. The van der Waals surface area contributed by atoms with Gasteiger partial charge < -0.3 is 4.74 Å². The maximum Gasteiger partial charge on any atom is 0.277 e. The van der Waals surface area contributed by atoms with Crippen LogP contribution in [0.25, 0.3) is 5.57 Å². The van der Waals surface area contributed by atoms with Crippen LogP contribution in [-0.2, 0) is 9.59 Å². The summed E-state index contributed by atoms with van der Waals surface area (Å²) in [4.78, 5) is 26.3. The molecule has 24 heavy (non-hydrogen) atoms. The summed E-state index contributed by atoms with van der Waals surface area (Å²) in [5.41, 5.74) is 0.682. The monoisotopic (exact) mass is 381 g/mol. The Balaban J connectivity index is 2.13. The van der Waals surface area contributed by atoms with Gasteiger partial charge in [0.2, 0.25) is 0 Å². The van der Waals surface area contributed by atoms with Crippen LogP contribution < -0.4 is 9.64 Å². The van der Waals surface area contributed by atoms with Gasteiger partial charge in [-0.05, 0) is 18.2 Å². The van der Waals surface area contributed by atoms with Crippen LogP contribution in [0.5, 0.6) is 5.75 Å². The molecule has 0 unspecified atom stereocenters. The topological polar surface area (TPSA) is 46.6 Å². The van der Waals surface area contributed by atoms with Gasteiger partial charge in [0, 0.05) is 5.56 Å². The Bertz CT molecular complexity index is 892. The van der Waals surface area contributed by atoms with Crippen molar-refractivity contribution in [2.45, 2.75) is 0 Å². The van der Waals surface area contributed by atoms with E-state index in [4.69, 9.17) is 39.5 Å². The molecule has 2 aromatic rings. The van der Waals surface area contributed by atoms with E-state index in [2.05, 4.69) is 0 Å². The number of nitrogens with zero attached hydrogens (tertiary/aromatic N) is 1. The molecule has 0 N–H and O–H groups in total. The first-order chi connectivity index (χ1) is 11.5. The van der Waals surface area contributed by atoms with Crippen molar-refractivity contribution in [1.29, 1.82) is 0 Å². The molecular weight excluding hydrogens is 373 g/mol. The highest BCUT2D eigenvalue weighted by Crippen LogP contribution is 2.41. The molecule has 122 valence electrons. The number of carbonyl (C=O) groups is 2. The van der Waals surface area contributed by atoms with Gasteiger partial charge in [-0.3, -0.25) is 9.59 Å². The van der Waals surface area contributed by atoms with Crippen LogP contribution in [0.15, 0.2) is 47.5 Å². The van der Waals surface area contributed by atoms with Crippen molar-refractivity contribution in [2.24, 2.45) is 0 Å². The number of anilines is 1. The number of benzene rings is 2. The van der Waals surface area contributed by atoms with Gasteiger partial charge in [0.05, 0.1) is 28.4 Å². The third-order valence-corrected chi connectivity index (χ3v) is 4.74. The molecule has 7 heteroatoms. The van der Waals surface area contributed by atoms with Gasteiger partial charge in [-0.1, -0.05) is 59.1 Å². The number of para-hydroxylation sites is 1. The van der Waals surface area contributed by atoms with Crippen LogP contribution in [0.1, 0.15) is 5.56 Å². The largest absolute Gasteiger partial charge is 0.496 e. The lowest BCUT2D eigenvalue weighted by atomic mass is 10.1. The van der Waals surface area contributed by atoms with E-state index in [0.29, 0.717) is 11.3 Å². The fraction of sp³-hybridized carbons (Fsp3) is 0.0588. The highest BCUT2D eigenvalue weighted by Gasteiger charge is 2.41. The first-order valence-electron chi connectivity index (χ1n) is 6.83. The van der Waals surface area contributed by atoms with Gasteiger partial charge in [0.25, 0.3) is 11.8 Å². The van der Waals surface area contributed by atoms with Crippen molar-refractivity contribution in [1.82, 2.24) is 0 Å². The van der Waals surface area contributed by atoms with Crippen LogP contribution in [0, 0.1) is 0 Å². The Hall–Kier alpha value is -2.01. The lowest BCUT2D eigenvalue weighted by Gasteiger charge is -2.17. The molecule has 0 saturated heterocycles. The van der Waals surface area contributed by atoms with Crippen molar-refractivity contribution in [3.63, 3.8) is 0 Å². The first-order valence-corrected chi connectivity index (χ1v) is 7.96. The van der Waals surface area contributed by atoms with Crippen molar-refractivity contribution in [2.75, 3.05) is 12.0 Å². The average Bonchev–Trinajstić information content (AvgIpc) is 2.80. The van der Waals surface area contributed by atoms with Gasteiger partial charge in [-0.15, -0.1) is 0 Å². The van der Waals surface area contributed by atoms with Crippen LogP contribution in [0.2, 0.25) is 10.0 Å². The van der Waals surface area contributed by atoms with E-state index in [0.717, 1.165) is 4.90 Å². The normalized spacial score (nSPS) is 14.6. The quantitative estimate of drug-likeness (QED) is 0.733. The second-order valence-electron chi connectivity index (χ2n) is 4.91. The van der Waals surface area contributed by atoms with E-state index in [9.17, 15) is 9.59 Å². The summed E-state index contributed by atoms with van der Waals surface area (Å²) in [6.07, 6.45) is 0. The number of carbonyl (C=O) groups excluding carboxylic acids is 2. The highest BCUT2D eigenvalue weighted by molar-refractivity contribution is 6.61. The Labute approximate surface area is 153 Å². The second-order valence-corrected chi connectivity index (χ2v) is 6.07. The van der Waals surface area contributed by atoms with Gasteiger partial charge in [-0.25, -0.2) is 4.90 Å². The summed E-state index contributed by atoms with van der Waals surface area (Å²) < 4.78 is 5.25. The summed E-state index contributed by atoms with van der Waals surface area (Å²) in [7, 11) is 1.47. The molecule has 2 aromatic carbocycles. The number of imide groups is 1. The predicted molar refractivity (Wildman–Crippen MR) is 94.7 cm³/mol. The van der Waals surface area contributed by atoms with Crippen molar-refractivity contribution in [3.05, 3.63) is 63.1 Å². The molecule has 0 aliphatic carbocycles. The molecule has 1 heterocycles. The van der Waals surface area contributed by atoms with E-state index < -0.39 is 11.8 Å². The molecule has 0 aromatic heterocycles. The van der Waals surface area contributed by atoms with Crippen LogP contribution >= 0.6 is 34.8 Å². The fourth-order valence-corrected chi connectivity index (χ4v) is 3.12. The minimum atomic E-state index is -0.660. The molecule has 1 aliphatic heterocycles. The predicted octanol–water partition coefficient (Wildman–Crippen LogP) is 4.53. The van der Waals surface area contributed by atoms with E-state index in [1.807, 2.05) is 0 Å². The number of halogens is 3.